The van der Waals surface area contributed by atoms with Gasteiger partial charge in [0.15, 0.2) is 0 Å². The zero-order chi connectivity index (χ0) is 26.3. The number of aryl methyl sites for hydroxylation is 3. The molecule has 9 heteroatoms. The molecule has 0 radical (unpaired) electrons. The molecule has 1 atom stereocenters. The van der Waals surface area contributed by atoms with Crippen molar-refractivity contribution in [2.75, 3.05) is 18.5 Å². The number of hydrogen-bond acceptors (Lipinski definition) is 6. The average molecular weight is 518 g/mol. The highest BCUT2D eigenvalue weighted by Crippen LogP contribution is 2.42. The van der Waals surface area contributed by atoms with Crippen LogP contribution in [0.4, 0.5) is 9.80 Å². The predicted molar refractivity (Wildman–Crippen MR) is 141 cm³/mol. The number of carbonyl (C=O) groups excluding carboxylic acids is 4. The van der Waals surface area contributed by atoms with Gasteiger partial charge in [-0.15, -0.1) is 11.3 Å². The minimum atomic E-state index is -1.14. The van der Waals surface area contributed by atoms with Crippen LogP contribution in [0, 0.1) is 13.8 Å². The largest absolute Gasteiger partial charge is 0.462 e. The highest BCUT2D eigenvalue weighted by atomic mass is 32.1. The topological polar surface area (TPSA) is 105 Å². The third-order valence-electron chi connectivity index (χ3n) is 6.88. The van der Waals surface area contributed by atoms with Crippen molar-refractivity contribution >= 4 is 40.2 Å². The lowest BCUT2D eigenvalue weighted by Gasteiger charge is -2.22. The van der Waals surface area contributed by atoms with Crippen LogP contribution in [0.2, 0.25) is 0 Å². The number of esters is 1. The summed E-state index contributed by atoms with van der Waals surface area (Å²) in [6, 6.07) is 14.7. The minimum absolute atomic E-state index is 0.181. The van der Waals surface area contributed by atoms with E-state index < -0.39 is 35.9 Å². The van der Waals surface area contributed by atoms with E-state index in [9.17, 15) is 19.2 Å². The fourth-order valence-electron chi connectivity index (χ4n) is 5.14. The highest BCUT2D eigenvalue weighted by molar-refractivity contribution is 7.17. The van der Waals surface area contributed by atoms with E-state index in [4.69, 9.17) is 4.74 Å². The molecule has 37 heavy (non-hydrogen) atoms. The number of urea groups is 1. The first-order chi connectivity index (χ1) is 17.7. The number of imide groups is 1. The maximum atomic E-state index is 13.4. The Kier molecular flexibility index (Phi) is 6.33. The smallest absolute Gasteiger partial charge is 0.341 e. The summed E-state index contributed by atoms with van der Waals surface area (Å²) in [7, 11) is 0. The Bertz CT molecular complexity index is 1430. The van der Waals surface area contributed by atoms with Crippen molar-refractivity contribution in [1.29, 1.82) is 0 Å². The third kappa shape index (κ3) is 4.19. The van der Waals surface area contributed by atoms with Gasteiger partial charge in [-0.1, -0.05) is 54.1 Å². The van der Waals surface area contributed by atoms with Gasteiger partial charge in [-0.25, -0.2) is 9.59 Å². The first-order valence-electron chi connectivity index (χ1n) is 12.1. The summed E-state index contributed by atoms with van der Waals surface area (Å²) in [6.07, 6.45) is 1.12. The number of carbonyl (C=O) groups is 4. The molecule has 1 spiro atoms. The molecule has 2 N–H and O–H groups in total. The molecule has 2 aliphatic rings. The number of ether oxygens (including phenoxy) is 1. The van der Waals surface area contributed by atoms with Gasteiger partial charge in [0.1, 0.15) is 22.6 Å². The molecule has 1 aromatic heterocycles. The van der Waals surface area contributed by atoms with Crippen LogP contribution >= 0.6 is 11.3 Å². The zero-order valence-corrected chi connectivity index (χ0v) is 21.7. The summed E-state index contributed by atoms with van der Waals surface area (Å²) in [5, 5.41) is 5.91. The molecule has 0 saturated carbocycles. The van der Waals surface area contributed by atoms with E-state index in [-0.39, 0.29) is 12.2 Å². The van der Waals surface area contributed by atoms with Crippen molar-refractivity contribution in [2.45, 2.75) is 39.2 Å². The predicted octanol–water partition coefficient (Wildman–Crippen LogP) is 4.54. The molecule has 4 amide bonds. The van der Waals surface area contributed by atoms with Crippen LogP contribution in [-0.4, -0.2) is 41.9 Å². The SMILES string of the molecule is CCOC(=O)c1c(NC(=O)CN2C(=O)NC3(CCc4ccccc43)C2=O)sc(C)c1-c1ccc(C)cc1. The van der Waals surface area contributed by atoms with Gasteiger partial charge >= 0.3 is 12.0 Å². The van der Waals surface area contributed by atoms with Gasteiger partial charge in [0.25, 0.3) is 5.91 Å². The first kappa shape index (κ1) is 24.7. The second-order valence-corrected chi connectivity index (χ2v) is 10.5. The van der Waals surface area contributed by atoms with Crippen molar-refractivity contribution in [3.05, 3.63) is 75.7 Å². The van der Waals surface area contributed by atoms with Crippen molar-refractivity contribution < 1.29 is 23.9 Å². The van der Waals surface area contributed by atoms with Gasteiger partial charge in [0.05, 0.1) is 6.61 Å². The number of rotatable bonds is 6. The number of anilines is 1. The number of amides is 4. The fourth-order valence-corrected chi connectivity index (χ4v) is 6.22. The normalized spacial score (nSPS) is 18.2. The Morgan fingerprint density at radius 2 is 1.84 bits per heavy atom. The standard InChI is InChI=1S/C28H27N3O5S/c1-4-36-25(33)23-22(19-11-9-16(2)10-12-19)17(3)37-24(23)29-21(32)15-31-26(34)28(30-27(31)35)14-13-18-7-5-6-8-20(18)28/h5-12H,4,13-15H2,1-3H3,(H,29,32)(H,30,35). The minimum Gasteiger partial charge on any atom is -0.462 e. The number of nitrogens with zero attached hydrogens (tertiary/aromatic N) is 1. The summed E-state index contributed by atoms with van der Waals surface area (Å²) in [5.74, 6) is -1.56. The molecule has 1 fully saturated rings. The zero-order valence-electron chi connectivity index (χ0n) is 20.8. The molecule has 3 aromatic rings. The molecular formula is C28H27N3O5S. The number of nitrogens with one attached hydrogen (secondary N) is 2. The first-order valence-corrected chi connectivity index (χ1v) is 13.0. The van der Waals surface area contributed by atoms with Crippen LogP contribution in [0.15, 0.2) is 48.5 Å². The second kappa shape index (κ2) is 9.48. The lowest BCUT2D eigenvalue weighted by Crippen LogP contribution is -2.43. The molecule has 1 saturated heterocycles. The van der Waals surface area contributed by atoms with Crippen molar-refractivity contribution in [2.24, 2.45) is 0 Å². The van der Waals surface area contributed by atoms with Gasteiger partial charge in [-0.05, 0) is 50.3 Å². The molecule has 1 aliphatic heterocycles. The van der Waals surface area contributed by atoms with E-state index in [0.29, 0.717) is 23.4 Å². The van der Waals surface area contributed by atoms with Gasteiger partial charge in [-0.2, -0.15) is 0 Å². The van der Waals surface area contributed by atoms with Crippen LogP contribution in [-0.2, 0) is 26.3 Å². The lowest BCUT2D eigenvalue weighted by molar-refractivity contribution is -0.134. The molecule has 2 heterocycles. The van der Waals surface area contributed by atoms with Crippen LogP contribution < -0.4 is 10.6 Å². The van der Waals surface area contributed by atoms with Crippen LogP contribution in [0.5, 0.6) is 0 Å². The van der Waals surface area contributed by atoms with Crippen LogP contribution in [0.25, 0.3) is 11.1 Å². The number of fused-ring (bicyclic) bond motifs is 2. The monoisotopic (exact) mass is 517 g/mol. The van der Waals surface area contributed by atoms with E-state index in [1.54, 1.807) is 6.92 Å². The number of benzene rings is 2. The van der Waals surface area contributed by atoms with E-state index in [1.807, 2.05) is 62.4 Å². The van der Waals surface area contributed by atoms with Crippen molar-refractivity contribution in [3.8, 4) is 11.1 Å². The van der Waals surface area contributed by atoms with Gasteiger partial charge < -0.3 is 15.4 Å². The summed E-state index contributed by atoms with van der Waals surface area (Å²) in [4.78, 5) is 54.1. The molecular weight excluding hydrogens is 490 g/mol. The van der Waals surface area contributed by atoms with E-state index in [1.165, 1.54) is 11.3 Å². The summed E-state index contributed by atoms with van der Waals surface area (Å²) < 4.78 is 5.30. The Labute approximate surface area is 218 Å². The third-order valence-corrected chi connectivity index (χ3v) is 7.90. The Morgan fingerprint density at radius 3 is 2.57 bits per heavy atom. The molecule has 190 valence electrons. The molecule has 2 aromatic carbocycles. The second-order valence-electron chi connectivity index (χ2n) is 9.26. The lowest BCUT2D eigenvalue weighted by atomic mass is 9.92. The van der Waals surface area contributed by atoms with Crippen LogP contribution in [0.3, 0.4) is 0 Å². The average Bonchev–Trinajstić information content (AvgIpc) is 3.48. The number of hydrogen-bond donors (Lipinski definition) is 2. The van der Waals surface area contributed by atoms with Crippen molar-refractivity contribution in [1.82, 2.24) is 10.2 Å². The number of thiophene rings is 1. The quantitative estimate of drug-likeness (QED) is 0.369. The molecule has 8 nitrogen and oxygen atoms in total. The summed E-state index contributed by atoms with van der Waals surface area (Å²) in [5.41, 5.74) is 3.52. The summed E-state index contributed by atoms with van der Waals surface area (Å²) >= 11 is 1.25. The van der Waals surface area contributed by atoms with Gasteiger partial charge in [0.2, 0.25) is 5.91 Å². The Balaban J connectivity index is 1.41. The molecule has 0 bridgehead atoms. The maximum absolute atomic E-state index is 13.4. The molecule has 5 rings (SSSR count). The van der Waals surface area contributed by atoms with Gasteiger partial charge in [0, 0.05) is 10.4 Å². The van der Waals surface area contributed by atoms with Gasteiger partial charge in [-0.3, -0.25) is 14.5 Å². The van der Waals surface area contributed by atoms with Crippen molar-refractivity contribution in [3.63, 3.8) is 0 Å². The summed E-state index contributed by atoms with van der Waals surface area (Å²) in [6.45, 7) is 5.28. The van der Waals surface area contributed by atoms with E-state index in [2.05, 4.69) is 10.6 Å². The van der Waals surface area contributed by atoms with Crippen LogP contribution in [0.1, 0.15) is 45.3 Å². The molecule has 1 unspecified atom stereocenters. The maximum Gasteiger partial charge on any atom is 0.341 e. The Hall–Kier alpha value is -3.98. The highest BCUT2D eigenvalue weighted by Gasteiger charge is 2.55. The Morgan fingerprint density at radius 1 is 1.11 bits per heavy atom. The fraction of sp³-hybridized carbons (Fsp3) is 0.286. The van der Waals surface area contributed by atoms with E-state index >= 15 is 0 Å². The van der Waals surface area contributed by atoms with E-state index in [0.717, 1.165) is 32.0 Å². The molecule has 1 aliphatic carbocycles.